The molecule has 0 saturated heterocycles. The molecule has 3 heteroatoms. The predicted octanol–water partition coefficient (Wildman–Crippen LogP) is 9.43. The maximum Gasteiger partial charge on any atom is 0.239 e. The Morgan fingerprint density at radius 1 is 0.891 bits per heavy atom. The molecule has 0 fully saturated rings. The van der Waals surface area contributed by atoms with Crippen LogP contribution in [0.25, 0.3) is 10.8 Å². The molecule has 3 aromatic rings. The van der Waals surface area contributed by atoms with E-state index in [0.717, 1.165) is 12.8 Å². The van der Waals surface area contributed by atoms with Crippen LogP contribution in [-0.4, -0.2) is 18.0 Å². The van der Waals surface area contributed by atoms with Gasteiger partial charge in [-0.3, -0.25) is 0 Å². The average molecular weight is 610 g/mol. The van der Waals surface area contributed by atoms with Gasteiger partial charge in [0.2, 0.25) is 6.71 Å². The highest BCUT2D eigenvalue weighted by atomic mass is 32.2. The van der Waals surface area contributed by atoms with E-state index in [1.54, 1.807) is 27.5 Å². The van der Waals surface area contributed by atoms with Crippen molar-refractivity contribution in [3.63, 3.8) is 0 Å². The van der Waals surface area contributed by atoms with Gasteiger partial charge in [-0.25, -0.2) is 0 Å². The van der Waals surface area contributed by atoms with Crippen LogP contribution in [0.5, 0.6) is 0 Å². The van der Waals surface area contributed by atoms with Gasteiger partial charge in [0, 0.05) is 39.3 Å². The van der Waals surface area contributed by atoms with Crippen molar-refractivity contribution < 1.29 is 0 Å². The molecule has 11 rings (SSSR count). The predicted molar refractivity (Wildman–Crippen MR) is 195 cm³/mol. The second-order valence-electron chi connectivity index (χ2n) is 14.7. The molecular formula is C43H36BNS. The van der Waals surface area contributed by atoms with Gasteiger partial charge < -0.3 is 4.90 Å². The smallest absolute Gasteiger partial charge is 0.239 e. The van der Waals surface area contributed by atoms with E-state index in [1.165, 1.54) is 44.6 Å². The van der Waals surface area contributed by atoms with Crippen LogP contribution in [0.3, 0.4) is 0 Å². The Morgan fingerprint density at radius 2 is 1.80 bits per heavy atom. The minimum atomic E-state index is 0.331. The maximum atomic E-state index is 2.81. The molecule has 8 aliphatic rings. The summed E-state index contributed by atoms with van der Waals surface area (Å²) in [6.45, 7) is 2.72. The molecule has 46 heavy (non-hydrogen) atoms. The molecule has 3 heterocycles. The van der Waals surface area contributed by atoms with Crippen LogP contribution in [-0.2, 0) is 0 Å². The molecule has 3 aromatic carbocycles. The molecule has 0 aromatic heterocycles. The lowest BCUT2D eigenvalue weighted by Gasteiger charge is -2.56. The van der Waals surface area contributed by atoms with Crippen LogP contribution in [0, 0.1) is 23.7 Å². The first-order chi connectivity index (χ1) is 22.7. The first-order valence-electron chi connectivity index (χ1n) is 17.4. The van der Waals surface area contributed by atoms with E-state index in [0.29, 0.717) is 47.6 Å². The Morgan fingerprint density at radius 3 is 2.78 bits per heavy atom. The van der Waals surface area contributed by atoms with Gasteiger partial charge in [0.05, 0.1) is 6.04 Å². The quantitative estimate of drug-likeness (QED) is 0.200. The van der Waals surface area contributed by atoms with Gasteiger partial charge in [-0.05, 0) is 89.2 Å². The molecule has 7 atom stereocenters. The van der Waals surface area contributed by atoms with Crippen molar-refractivity contribution in [2.45, 2.75) is 48.3 Å². The lowest BCUT2D eigenvalue weighted by atomic mass is 9.25. The molecule has 0 radical (unpaired) electrons. The van der Waals surface area contributed by atoms with Crippen LogP contribution in [0.1, 0.15) is 37.7 Å². The van der Waals surface area contributed by atoms with Crippen LogP contribution < -0.4 is 10.4 Å². The Bertz CT molecular complexity index is 2140. The topological polar surface area (TPSA) is 3.24 Å². The normalized spacial score (nSPS) is 32.4. The number of benzene rings is 3. The summed E-state index contributed by atoms with van der Waals surface area (Å²) in [4.78, 5) is 4.28. The van der Waals surface area contributed by atoms with E-state index in [9.17, 15) is 0 Å². The number of hydrogen-bond donors (Lipinski definition) is 0. The summed E-state index contributed by atoms with van der Waals surface area (Å²) in [6.07, 6.45) is 28.1. The van der Waals surface area contributed by atoms with Crippen LogP contribution >= 0.6 is 11.8 Å². The molecule has 0 N–H and O–H groups in total. The highest BCUT2D eigenvalue weighted by Gasteiger charge is 2.57. The number of nitrogens with zero attached hydrogens (tertiary/aromatic N) is 1. The summed E-state index contributed by atoms with van der Waals surface area (Å²) >= 11 is 2.17. The van der Waals surface area contributed by atoms with Gasteiger partial charge >= 0.3 is 0 Å². The van der Waals surface area contributed by atoms with Crippen molar-refractivity contribution in [2.24, 2.45) is 23.7 Å². The zero-order chi connectivity index (χ0) is 30.1. The fourth-order valence-electron chi connectivity index (χ4n) is 10.7. The van der Waals surface area contributed by atoms with Crippen LogP contribution in [0.2, 0.25) is 0 Å². The van der Waals surface area contributed by atoms with E-state index >= 15 is 0 Å². The monoisotopic (exact) mass is 609 g/mol. The van der Waals surface area contributed by atoms with Gasteiger partial charge in [0.1, 0.15) is 0 Å². The molecule has 0 amide bonds. The molecule has 3 aliphatic heterocycles. The molecular weight excluding hydrogens is 573 g/mol. The standard InChI is InChI=1S/C43H36BNS/c1-25-21-34-32-14-8-15-33-40(32)36(24-35-31-13-6-7-16-39(31)46-43(33)35)44-41-30-12-5-4-10-27(30)18-20-37(41)45(38(22-25)42(34)44)29-19-17-26-9-2-3-11-28(26)23-29/h2-14,16,18-21,23-24,26,32-33,35,38,40,43H,15,17,22H2,1H3. The summed E-state index contributed by atoms with van der Waals surface area (Å²) in [5.74, 6) is 2.68. The van der Waals surface area contributed by atoms with Gasteiger partial charge in [0.15, 0.2) is 0 Å². The van der Waals surface area contributed by atoms with Gasteiger partial charge in [-0.2, -0.15) is 0 Å². The van der Waals surface area contributed by atoms with E-state index in [-0.39, 0.29) is 0 Å². The highest BCUT2D eigenvalue weighted by Crippen LogP contribution is 2.62. The molecule has 222 valence electrons. The Hall–Kier alpha value is -3.95. The maximum absolute atomic E-state index is 2.81. The van der Waals surface area contributed by atoms with Crippen molar-refractivity contribution >= 4 is 40.4 Å². The third-order valence-corrected chi connectivity index (χ3v) is 14.0. The fourth-order valence-corrected chi connectivity index (χ4v) is 12.3. The SMILES string of the molecule is CC1=CC2=C3B(C4=CC5c6ccccc6SC5C5CC=CC2C45)c2c(ccc4ccccc24)N(C2=CCC4C=CC=CC4=C2)C3C1. The average Bonchev–Trinajstić information content (AvgIpc) is 3.48. The number of anilines is 1. The van der Waals surface area contributed by atoms with E-state index in [1.807, 2.05) is 0 Å². The van der Waals surface area contributed by atoms with Crippen molar-refractivity contribution in [2.75, 3.05) is 4.90 Å². The number of rotatable bonds is 1. The van der Waals surface area contributed by atoms with Crippen molar-refractivity contribution in [3.05, 3.63) is 160 Å². The molecule has 5 aliphatic carbocycles. The van der Waals surface area contributed by atoms with E-state index in [2.05, 4.69) is 145 Å². The summed E-state index contributed by atoms with van der Waals surface area (Å²) in [7, 11) is 0. The minimum absolute atomic E-state index is 0.331. The number of thioether (sulfide) groups is 1. The Kier molecular flexibility index (Phi) is 5.43. The zero-order valence-electron chi connectivity index (χ0n) is 26.1. The number of hydrogen-bond acceptors (Lipinski definition) is 2. The summed E-state index contributed by atoms with van der Waals surface area (Å²) in [5, 5.41) is 3.42. The van der Waals surface area contributed by atoms with Crippen molar-refractivity contribution in [3.8, 4) is 0 Å². The zero-order valence-corrected chi connectivity index (χ0v) is 27.0. The number of allylic oxidation sites excluding steroid dienone is 13. The third kappa shape index (κ3) is 3.45. The largest absolute Gasteiger partial charge is 0.335 e. The fraction of sp³-hybridized carbons (Fsp3) is 0.256. The van der Waals surface area contributed by atoms with Crippen LogP contribution in [0.4, 0.5) is 5.69 Å². The van der Waals surface area contributed by atoms with E-state index < -0.39 is 0 Å². The van der Waals surface area contributed by atoms with Crippen LogP contribution in [0.15, 0.2) is 160 Å². The first-order valence-corrected chi connectivity index (χ1v) is 18.2. The van der Waals surface area contributed by atoms with Crippen molar-refractivity contribution in [1.82, 2.24) is 0 Å². The molecule has 0 saturated carbocycles. The Balaban J connectivity index is 1.20. The molecule has 1 nitrogen and oxygen atoms in total. The van der Waals surface area contributed by atoms with Crippen molar-refractivity contribution in [1.29, 1.82) is 0 Å². The third-order valence-electron chi connectivity index (χ3n) is 12.4. The lowest BCUT2D eigenvalue weighted by Crippen LogP contribution is -2.60. The molecule has 0 spiro atoms. The highest BCUT2D eigenvalue weighted by molar-refractivity contribution is 8.00. The summed E-state index contributed by atoms with van der Waals surface area (Å²) in [5.41, 5.74) is 13.9. The van der Waals surface area contributed by atoms with Gasteiger partial charge in [-0.1, -0.05) is 120 Å². The summed E-state index contributed by atoms with van der Waals surface area (Å²) < 4.78 is 0. The summed E-state index contributed by atoms with van der Waals surface area (Å²) in [6, 6.07) is 23.7. The van der Waals surface area contributed by atoms with E-state index in [4.69, 9.17) is 0 Å². The lowest BCUT2D eigenvalue weighted by molar-refractivity contribution is 0.288. The van der Waals surface area contributed by atoms with Gasteiger partial charge in [0.25, 0.3) is 0 Å². The second kappa shape index (κ2) is 9.55. The second-order valence-corrected chi connectivity index (χ2v) is 15.9. The number of fused-ring (bicyclic) bond motifs is 11. The minimum Gasteiger partial charge on any atom is -0.335 e. The molecule has 7 unspecified atom stereocenters. The first kappa shape index (κ1) is 26.2. The Labute approximate surface area is 276 Å². The van der Waals surface area contributed by atoms with Gasteiger partial charge in [-0.15, -0.1) is 11.8 Å². The molecule has 0 bridgehead atoms.